The van der Waals surface area contributed by atoms with Crippen molar-refractivity contribution in [1.82, 2.24) is 5.32 Å². The minimum atomic E-state index is -0.493. The highest BCUT2D eigenvalue weighted by molar-refractivity contribution is 7.80. The minimum absolute atomic E-state index is 0.207. The first-order valence-electron chi connectivity index (χ1n) is 3.86. The lowest BCUT2D eigenvalue weighted by atomic mass is 10.3. The zero-order valence-corrected chi connectivity index (χ0v) is 8.30. The summed E-state index contributed by atoms with van der Waals surface area (Å²) in [4.78, 5) is 11.0. The van der Waals surface area contributed by atoms with Crippen LogP contribution in [-0.2, 0) is 9.53 Å². The molecule has 0 bridgehead atoms. The van der Waals surface area contributed by atoms with Gasteiger partial charge in [0.15, 0.2) is 0 Å². The number of rotatable bonds is 5. The maximum Gasteiger partial charge on any atom is 0.238 e. The lowest BCUT2D eigenvalue weighted by Gasteiger charge is -2.15. The Labute approximate surface area is 78.2 Å². The van der Waals surface area contributed by atoms with Crippen LogP contribution >= 0.6 is 12.6 Å². The highest BCUT2D eigenvalue weighted by atomic mass is 32.1. The Hall–Kier alpha value is -0.260. The number of amides is 1. The van der Waals surface area contributed by atoms with E-state index in [-0.39, 0.29) is 12.1 Å². The van der Waals surface area contributed by atoms with Gasteiger partial charge in [0.1, 0.15) is 6.23 Å². The normalized spacial score (nSPS) is 15.3. The summed E-state index contributed by atoms with van der Waals surface area (Å²) in [6.07, 6.45) is -0.296. The van der Waals surface area contributed by atoms with Crippen molar-refractivity contribution < 1.29 is 9.53 Å². The summed E-state index contributed by atoms with van der Waals surface area (Å²) in [5.74, 6) is 0.430. The van der Waals surface area contributed by atoms with Crippen molar-refractivity contribution >= 4 is 18.5 Å². The number of carbonyl (C=O) groups excluding carboxylic acids is 1. The van der Waals surface area contributed by atoms with Gasteiger partial charge >= 0.3 is 0 Å². The lowest BCUT2D eigenvalue weighted by molar-refractivity contribution is -0.125. The van der Waals surface area contributed by atoms with Gasteiger partial charge in [0, 0.05) is 5.75 Å². The van der Waals surface area contributed by atoms with Gasteiger partial charge < -0.3 is 15.8 Å². The molecule has 0 aromatic carbocycles. The molecule has 4 nitrogen and oxygen atoms in total. The average Bonchev–Trinajstić information content (AvgIpc) is 2.00. The summed E-state index contributed by atoms with van der Waals surface area (Å²) in [6.45, 7) is 3.90. The number of nitrogens with two attached hydrogens (primary N) is 1. The van der Waals surface area contributed by atoms with Gasteiger partial charge in [0.25, 0.3) is 0 Å². The molecular weight excluding hydrogens is 176 g/mol. The second kappa shape index (κ2) is 6.28. The van der Waals surface area contributed by atoms with Crippen LogP contribution in [0.1, 0.15) is 13.8 Å². The molecule has 72 valence electrons. The van der Waals surface area contributed by atoms with Gasteiger partial charge in [-0.25, -0.2) is 0 Å². The summed E-state index contributed by atoms with van der Waals surface area (Å²) in [7, 11) is 0. The van der Waals surface area contributed by atoms with Crippen LogP contribution in [0.4, 0.5) is 0 Å². The maximum absolute atomic E-state index is 11.0. The first kappa shape index (κ1) is 11.7. The first-order chi connectivity index (χ1) is 5.57. The molecule has 0 rings (SSSR count). The van der Waals surface area contributed by atoms with Crippen molar-refractivity contribution in [2.45, 2.75) is 26.1 Å². The van der Waals surface area contributed by atoms with Crippen LogP contribution < -0.4 is 11.1 Å². The Bertz CT molecular complexity index is 141. The van der Waals surface area contributed by atoms with Gasteiger partial charge in [-0.3, -0.25) is 4.79 Å². The van der Waals surface area contributed by atoms with Crippen molar-refractivity contribution in [1.29, 1.82) is 0 Å². The summed E-state index contributed by atoms with van der Waals surface area (Å²) in [5, 5.41) is 2.59. The zero-order chi connectivity index (χ0) is 9.56. The minimum Gasteiger partial charge on any atom is -0.358 e. The molecule has 0 aliphatic heterocycles. The highest BCUT2D eigenvalue weighted by Gasteiger charge is 2.10. The number of hydrogen-bond acceptors (Lipinski definition) is 4. The summed E-state index contributed by atoms with van der Waals surface area (Å²) >= 11 is 3.96. The van der Waals surface area contributed by atoms with Crippen LogP contribution in [0, 0.1) is 0 Å². The summed E-state index contributed by atoms with van der Waals surface area (Å²) in [5.41, 5.74) is 5.33. The van der Waals surface area contributed by atoms with Crippen LogP contribution in [0.3, 0.4) is 0 Å². The van der Waals surface area contributed by atoms with Gasteiger partial charge in [0.05, 0.1) is 12.6 Å². The maximum atomic E-state index is 11.0. The number of nitrogens with one attached hydrogen (secondary N) is 1. The van der Waals surface area contributed by atoms with Crippen LogP contribution in [-0.4, -0.2) is 30.5 Å². The molecule has 2 unspecified atom stereocenters. The van der Waals surface area contributed by atoms with Crippen molar-refractivity contribution in [3.63, 3.8) is 0 Å². The largest absolute Gasteiger partial charge is 0.358 e. The highest BCUT2D eigenvalue weighted by Crippen LogP contribution is 1.88. The second-order valence-corrected chi connectivity index (χ2v) is 2.98. The first-order valence-corrected chi connectivity index (χ1v) is 4.49. The molecule has 0 saturated heterocycles. The Morgan fingerprint density at radius 1 is 1.67 bits per heavy atom. The Morgan fingerprint density at radius 2 is 2.25 bits per heavy atom. The van der Waals surface area contributed by atoms with Crippen LogP contribution in [0.2, 0.25) is 0 Å². The fourth-order valence-electron chi connectivity index (χ4n) is 0.603. The van der Waals surface area contributed by atoms with Gasteiger partial charge in [-0.15, -0.1) is 0 Å². The molecule has 2 atom stereocenters. The predicted octanol–water partition coefficient (Wildman–Crippen LogP) is -0.258. The van der Waals surface area contributed by atoms with E-state index >= 15 is 0 Å². The van der Waals surface area contributed by atoms with Crippen LogP contribution in [0.5, 0.6) is 0 Å². The molecule has 0 aliphatic carbocycles. The van der Waals surface area contributed by atoms with E-state index in [0.29, 0.717) is 12.4 Å². The van der Waals surface area contributed by atoms with E-state index in [1.165, 1.54) is 0 Å². The average molecular weight is 192 g/mol. The number of thiol groups is 1. The van der Waals surface area contributed by atoms with Gasteiger partial charge in [-0.05, 0) is 13.8 Å². The SMILES string of the molecule is CC(NC(=O)C(C)N)OCCS. The second-order valence-electron chi connectivity index (χ2n) is 2.53. The van der Waals surface area contributed by atoms with E-state index in [0.717, 1.165) is 0 Å². The van der Waals surface area contributed by atoms with Crippen LogP contribution in [0.15, 0.2) is 0 Å². The molecule has 0 aromatic heterocycles. The van der Waals surface area contributed by atoms with E-state index in [1.54, 1.807) is 13.8 Å². The quantitative estimate of drug-likeness (QED) is 0.415. The molecule has 0 aromatic rings. The molecule has 3 N–H and O–H groups in total. The molecular formula is C7H16N2O2S. The molecule has 0 heterocycles. The topological polar surface area (TPSA) is 64.4 Å². The Balaban J connectivity index is 3.54. The third-order valence-electron chi connectivity index (χ3n) is 1.22. The van der Waals surface area contributed by atoms with Gasteiger partial charge in [0.2, 0.25) is 5.91 Å². The van der Waals surface area contributed by atoms with Gasteiger partial charge in [-0.2, -0.15) is 12.6 Å². The zero-order valence-electron chi connectivity index (χ0n) is 7.41. The van der Waals surface area contributed by atoms with E-state index in [1.807, 2.05) is 0 Å². The Kier molecular flexibility index (Phi) is 6.14. The molecule has 12 heavy (non-hydrogen) atoms. The smallest absolute Gasteiger partial charge is 0.238 e. The Morgan fingerprint density at radius 3 is 2.67 bits per heavy atom. The van der Waals surface area contributed by atoms with E-state index < -0.39 is 6.04 Å². The van der Waals surface area contributed by atoms with Gasteiger partial charge in [-0.1, -0.05) is 0 Å². The van der Waals surface area contributed by atoms with Crippen LogP contribution in [0.25, 0.3) is 0 Å². The van der Waals surface area contributed by atoms with E-state index in [2.05, 4.69) is 17.9 Å². The third kappa shape index (κ3) is 5.40. The van der Waals surface area contributed by atoms with E-state index in [4.69, 9.17) is 10.5 Å². The van der Waals surface area contributed by atoms with Crippen molar-refractivity contribution in [2.75, 3.05) is 12.4 Å². The number of hydrogen-bond donors (Lipinski definition) is 3. The fourth-order valence-corrected chi connectivity index (χ4v) is 0.708. The van der Waals surface area contributed by atoms with Crippen molar-refractivity contribution in [2.24, 2.45) is 5.73 Å². The summed E-state index contributed by atoms with van der Waals surface area (Å²) in [6, 6.07) is -0.493. The molecule has 0 spiro atoms. The predicted molar refractivity (Wildman–Crippen MR) is 51.1 cm³/mol. The summed E-state index contributed by atoms with van der Waals surface area (Å²) < 4.78 is 5.15. The van der Waals surface area contributed by atoms with Crippen molar-refractivity contribution in [3.05, 3.63) is 0 Å². The molecule has 0 aliphatic rings. The fraction of sp³-hybridized carbons (Fsp3) is 0.857. The molecule has 5 heteroatoms. The monoisotopic (exact) mass is 192 g/mol. The molecule has 1 amide bonds. The number of ether oxygens (including phenoxy) is 1. The third-order valence-corrected chi connectivity index (χ3v) is 1.40. The molecule has 0 fully saturated rings. The number of carbonyl (C=O) groups is 1. The van der Waals surface area contributed by atoms with Crippen molar-refractivity contribution in [3.8, 4) is 0 Å². The van der Waals surface area contributed by atoms with E-state index in [9.17, 15) is 4.79 Å². The molecule has 0 radical (unpaired) electrons. The lowest BCUT2D eigenvalue weighted by Crippen LogP contribution is -2.43. The molecule has 0 saturated carbocycles. The standard InChI is InChI=1S/C7H16N2O2S/c1-5(8)7(10)9-6(2)11-3-4-12/h5-6,12H,3-4,8H2,1-2H3,(H,9,10).